The molecule has 1 amide bonds. The Morgan fingerprint density at radius 1 is 1.33 bits per heavy atom. The van der Waals surface area contributed by atoms with E-state index in [1.807, 2.05) is 22.9 Å². The van der Waals surface area contributed by atoms with Gasteiger partial charge in [-0.2, -0.15) is 0 Å². The molecule has 3 rings (SSSR count). The van der Waals surface area contributed by atoms with Crippen LogP contribution in [0.4, 0.5) is 0 Å². The molecule has 2 aromatic rings. The number of hydrogen-bond donors (Lipinski definition) is 1. The quantitative estimate of drug-likeness (QED) is 0.880. The van der Waals surface area contributed by atoms with E-state index in [9.17, 15) is 4.79 Å². The van der Waals surface area contributed by atoms with Crippen molar-refractivity contribution in [3.63, 3.8) is 0 Å². The molecule has 1 fully saturated rings. The Morgan fingerprint density at radius 2 is 2.11 bits per heavy atom. The van der Waals surface area contributed by atoms with Crippen LogP contribution in [0, 0.1) is 0 Å². The van der Waals surface area contributed by atoms with E-state index in [0.29, 0.717) is 17.1 Å². The smallest absolute Gasteiger partial charge is 0.252 e. The number of hydrogen-bond acceptors (Lipinski definition) is 2. The Kier molecular flexibility index (Phi) is 2.78. The zero-order valence-electron chi connectivity index (χ0n) is 10.3. The van der Waals surface area contributed by atoms with E-state index in [1.165, 1.54) is 32.1 Å². The average molecular weight is 243 g/mol. The van der Waals surface area contributed by atoms with Crippen LogP contribution in [0.1, 0.15) is 54.1 Å². The van der Waals surface area contributed by atoms with Gasteiger partial charge in [-0.05, 0) is 25.0 Å². The molecule has 0 unspecified atom stereocenters. The summed E-state index contributed by atoms with van der Waals surface area (Å²) in [5.74, 6) is 0.126. The highest BCUT2D eigenvalue weighted by Crippen LogP contribution is 2.32. The number of amides is 1. The Balaban J connectivity index is 2.04. The highest BCUT2D eigenvalue weighted by Gasteiger charge is 2.19. The van der Waals surface area contributed by atoms with Crippen molar-refractivity contribution in [2.75, 3.05) is 0 Å². The third kappa shape index (κ3) is 1.88. The van der Waals surface area contributed by atoms with Crippen LogP contribution in [0.5, 0.6) is 0 Å². The summed E-state index contributed by atoms with van der Waals surface area (Å²) in [6, 6.07) is 3.56. The molecule has 0 spiro atoms. The lowest BCUT2D eigenvalue weighted by atomic mass is 9.87. The predicted octanol–water partition coefficient (Wildman–Crippen LogP) is 2.48. The number of carbonyl (C=O) groups is 1. The minimum atomic E-state index is -0.415. The number of imidazole rings is 1. The maximum Gasteiger partial charge on any atom is 0.252 e. The molecule has 2 aromatic heterocycles. The summed E-state index contributed by atoms with van der Waals surface area (Å²) in [4.78, 5) is 16.0. The fourth-order valence-corrected chi connectivity index (χ4v) is 2.82. The molecule has 0 aliphatic heterocycles. The SMILES string of the molecule is NC(=O)c1cccn2cc(C3CCCCC3)nc12. The van der Waals surface area contributed by atoms with Crippen LogP contribution in [-0.2, 0) is 0 Å². The molecule has 0 atom stereocenters. The first-order valence-electron chi connectivity index (χ1n) is 6.53. The number of carbonyl (C=O) groups excluding carboxylic acids is 1. The Bertz CT molecular complexity index is 582. The van der Waals surface area contributed by atoms with Crippen LogP contribution in [0.2, 0.25) is 0 Å². The summed E-state index contributed by atoms with van der Waals surface area (Å²) in [5, 5.41) is 0. The number of aromatic nitrogens is 2. The Hall–Kier alpha value is -1.84. The molecule has 18 heavy (non-hydrogen) atoms. The maximum absolute atomic E-state index is 11.4. The molecule has 1 aliphatic rings. The molecule has 0 saturated heterocycles. The zero-order chi connectivity index (χ0) is 12.5. The first kappa shape index (κ1) is 11.3. The van der Waals surface area contributed by atoms with Crippen molar-refractivity contribution >= 4 is 11.6 Å². The van der Waals surface area contributed by atoms with Gasteiger partial charge in [0, 0.05) is 18.3 Å². The molecule has 0 radical (unpaired) electrons. The third-order valence-electron chi connectivity index (χ3n) is 3.79. The molecule has 1 saturated carbocycles. The van der Waals surface area contributed by atoms with Crippen molar-refractivity contribution in [3.8, 4) is 0 Å². The largest absolute Gasteiger partial charge is 0.365 e. The standard InChI is InChI=1S/C14H17N3O/c15-13(18)11-7-4-8-17-9-12(16-14(11)17)10-5-2-1-3-6-10/h4,7-10H,1-3,5-6H2,(H2,15,18). The van der Waals surface area contributed by atoms with E-state index in [4.69, 9.17) is 5.73 Å². The van der Waals surface area contributed by atoms with Crippen molar-refractivity contribution in [3.05, 3.63) is 35.8 Å². The summed E-state index contributed by atoms with van der Waals surface area (Å²) in [7, 11) is 0. The number of nitrogens with zero attached hydrogens (tertiary/aromatic N) is 2. The predicted molar refractivity (Wildman–Crippen MR) is 69.5 cm³/mol. The summed E-state index contributed by atoms with van der Waals surface area (Å²) < 4.78 is 1.91. The van der Waals surface area contributed by atoms with E-state index in [2.05, 4.69) is 4.98 Å². The molecule has 0 bridgehead atoms. The first-order valence-corrected chi connectivity index (χ1v) is 6.53. The monoisotopic (exact) mass is 243 g/mol. The zero-order valence-corrected chi connectivity index (χ0v) is 10.3. The van der Waals surface area contributed by atoms with E-state index in [-0.39, 0.29) is 0 Å². The summed E-state index contributed by atoms with van der Waals surface area (Å²) in [6.07, 6.45) is 10.3. The molecular weight excluding hydrogens is 226 g/mol. The topological polar surface area (TPSA) is 60.4 Å². The minimum absolute atomic E-state index is 0.415. The lowest BCUT2D eigenvalue weighted by Crippen LogP contribution is -2.12. The molecule has 1 aliphatic carbocycles. The van der Waals surface area contributed by atoms with Gasteiger partial charge in [-0.25, -0.2) is 4.98 Å². The molecule has 94 valence electrons. The Labute approximate surface area is 106 Å². The van der Waals surface area contributed by atoms with E-state index >= 15 is 0 Å². The highest BCUT2D eigenvalue weighted by atomic mass is 16.1. The van der Waals surface area contributed by atoms with Gasteiger partial charge in [-0.3, -0.25) is 4.79 Å². The lowest BCUT2D eigenvalue weighted by Gasteiger charge is -2.19. The maximum atomic E-state index is 11.4. The number of fused-ring (bicyclic) bond motifs is 1. The summed E-state index contributed by atoms with van der Waals surface area (Å²) in [6.45, 7) is 0. The number of rotatable bonds is 2. The molecule has 4 nitrogen and oxygen atoms in total. The van der Waals surface area contributed by atoms with Crippen molar-refractivity contribution in [1.29, 1.82) is 0 Å². The highest BCUT2D eigenvalue weighted by molar-refractivity contribution is 5.98. The van der Waals surface area contributed by atoms with Gasteiger partial charge in [-0.1, -0.05) is 19.3 Å². The average Bonchev–Trinajstić information content (AvgIpc) is 2.83. The summed E-state index contributed by atoms with van der Waals surface area (Å²) in [5.41, 5.74) is 7.66. The first-order chi connectivity index (χ1) is 8.75. The van der Waals surface area contributed by atoms with Crippen molar-refractivity contribution in [1.82, 2.24) is 9.38 Å². The number of primary amides is 1. The van der Waals surface area contributed by atoms with Gasteiger partial charge in [0.05, 0.1) is 11.3 Å². The van der Waals surface area contributed by atoms with Crippen LogP contribution >= 0.6 is 0 Å². The second kappa shape index (κ2) is 4.44. The van der Waals surface area contributed by atoms with Crippen molar-refractivity contribution in [2.45, 2.75) is 38.0 Å². The van der Waals surface area contributed by atoms with Crippen LogP contribution < -0.4 is 5.73 Å². The van der Waals surface area contributed by atoms with Crippen LogP contribution in [-0.4, -0.2) is 15.3 Å². The molecule has 0 aromatic carbocycles. The van der Waals surface area contributed by atoms with Gasteiger partial charge >= 0.3 is 0 Å². The van der Waals surface area contributed by atoms with E-state index in [0.717, 1.165) is 5.69 Å². The van der Waals surface area contributed by atoms with Gasteiger partial charge in [0.25, 0.3) is 5.91 Å². The van der Waals surface area contributed by atoms with E-state index in [1.54, 1.807) is 6.07 Å². The van der Waals surface area contributed by atoms with Crippen LogP contribution in [0.15, 0.2) is 24.5 Å². The van der Waals surface area contributed by atoms with Gasteiger partial charge in [0.2, 0.25) is 0 Å². The minimum Gasteiger partial charge on any atom is -0.365 e. The van der Waals surface area contributed by atoms with Crippen LogP contribution in [0.25, 0.3) is 5.65 Å². The normalized spacial score (nSPS) is 17.1. The second-order valence-corrected chi connectivity index (χ2v) is 5.02. The molecule has 2 N–H and O–H groups in total. The fourth-order valence-electron chi connectivity index (χ4n) is 2.82. The van der Waals surface area contributed by atoms with Gasteiger partial charge in [-0.15, -0.1) is 0 Å². The third-order valence-corrected chi connectivity index (χ3v) is 3.79. The van der Waals surface area contributed by atoms with Gasteiger partial charge < -0.3 is 10.1 Å². The van der Waals surface area contributed by atoms with Crippen molar-refractivity contribution in [2.24, 2.45) is 5.73 Å². The number of nitrogens with two attached hydrogens (primary N) is 1. The van der Waals surface area contributed by atoms with Gasteiger partial charge in [0.1, 0.15) is 5.65 Å². The van der Waals surface area contributed by atoms with Crippen molar-refractivity contribution < 1.29 is 4.79 Å². The molecular formula is C14H17N3O. The lowest BCUT2D eigenvalue weighted by molar-refractivity contribution is 0.100. The molecule has 2 heterocycles. The number of pyridine rings is 1. The van der Waals surface area contributed by atoms with Gasteiger partial charge in [0.15, 0.2) is 0 Å². The Morgan fingerprint density at radius 3 is 2.83 bits per heavy atom. The summed E-state index contributed by atoms with van der Waals surface area (Å²) >= 11 is 0. The second-order valence-electron chi connectivity index (χ2n) is 5.02. The van der Waals surface area contributed by atoms with E-state index < -0.39 is 5.91 Å². The fraction of sp³-hybridized carbons (Fsp3) is 0.429. The van der Waals surface area contributed by atoms with Crippen LogP contribution in [0.3, 0.4) is 0 Å². The molecule has 4 heteroatoms.